The SMILES string of the molecule is Cc1ccc(Cl)c(N[C@@H]2CCCN(C(=O)OC(C)(C)C)C2)n1. The number of nitrogens with zero attached hydrogens (tertiary/aromatic N) is 2. The topological polar surface area (TPSA) is 54.5 Å². The zero-order valence-corrected chi connectivity index (χ0v) is 14.4. The van der Waals surface area contributed by atoms with Crippen LogP contribution in [-0.2, 0) is 4.74 Å². The van der Waals surface area contributed by atoms with E-state index in [2.05, 4.69) is 10.3 Å². The van der Waals surface area contributed by atoms with Gasteiger partial charge in [-0.05, 0) is 52.7 Å². The lowest BCUT2D eigenvalue weighted by molar-refractivity contribution is 0.0206. The molecule has 0 bridgehead atoms. The van der Waals surface area contributed by atoms with Gasteiger partial charge >= 0.3 is 6.09 Å². The summed E-state index contributed by atoms with van der Waals surface area (Å²) in [6.07, 6.45) is 1.65. The Hall–Kier alpha value is -1.49. The number of rotatable bonds is 2. The van der Waals surface area contributed by atoms with Gasteiger partial charge in [0.15, 0.2) is 0 Å². The van der Waals surface area contributed by atoms with Crippen molar-refractivity contribution in [2.24, 2.45) is 0 Å². The lowest BCUT2D eigenvalue weighted by Gasteiger charge is -2.34. The summed E-state index contributed by atoms with van der Waals surface area (Å²) in [5, 5.41) is 3.94. The van der Waals surface area contributed by atoms with Crippen LogP contribution in [0.2, 0.25) is 5.02 Å². The summed E-state index contributed by atoms with van der Waals surface area (Å²) >= 11 is 6.17. The fourth-order valence-electron chi connectivity index (χ4n) is 2.42. The number of nitrogens with one attached hydrogen (secondary N) is 1. The van der Waals surface area contributed by atoms with Gasteiger partial charge in [-0.3, -0.25) is 0 Å². The van der Waals surface area contributed by atoms with Crippen LogP contribution in [0.1, 0.15) is 39.3 Å². The number of halogens is 1. The predicted molar refractivity (Wildman–Crippen MR) is 88.4 cm³/mol. The molecule has 1 amide bonds. The number of aryl methyl sites for hydroxylation is 1. The van der Waals surface area contributed by atoms with Crippen LogP contribution in [0, 0.1) is 6.92 Å². The van der Waals surface area contributed by atoms with Crippen LogP contribution in [0.4, 0.5) is 10.6 Å². The van der Waals surface area contributed by atoms with Gasteiger partial charge < -0.3 is 15.0 Å². The number of piperidine rings is 1. The second kappa shape index (κ2) is 6.73. The summed E-state index contributed by atoms with van der Waals surface area (Å²) < 4.78 is 5.44. The first-order valence-electron chi connectivity index (χ1n) is 7.62. The van der Waals surface area contributed by atoms with Gasteiger partial charge in [-0.15, -0.1) is 0 Å². The molecule has 1 saturated heterocycles. The van der Waals surface area contributed by atoms with Gasteiger partial charge in [0.25, 0.3) is 0 Å². The Balaban J connectivity index is 1.98. The quantitative estimate of drug-likeness (QED) is 0.897. The summed E-state index contributed by atoms with van der Waals surface area (Å²) in [6, 6.07) is 3.84. The zero-order chi connectivity index (χ0) is 16.3. The predicted octanol–water partition coefficient (Wildman–Crippen LogP) is 3.85. The van der Waals surface area contributed by atoms with Gasteiger partial charge in [0, 0.05) is 24.8 Å². The van der Waals surface area contributed by atoms with Crippen LogP contribution in [0.15, 0.2) is 12.1 Å². The number of ether oxygens (including phenoxy) is 1. The minimum Gasteiger partial charge on any atom is -0.444 e. The van der Waals surface area contributed by atoms with Gasteiger partial charge in [-0.2, -0.15) is 0 Å². The molecule has 1 aromatic rings. The van der Waals surface area contributed by atoms with E-state index in [4.69, 9.17) is 16.3 Å². The molecule has 2 heterocycles. The molecule has 5 nitrogen and oxygen atoms in total. The third-order valence-electron chi connectivity index (χ3n) is 3.40. The van der Waals surface area contributed by atoms with Crippen molar-refractivity contribution in [3.05, 3.63) is 22.8 Å². The molecular weight excluding hydrogens is 302 g/mol. The van der Waals surface area contributed by atoms with Crippen LogP contribution >= 0.6 is 11.6 Å². The fraction of sp³-hybridized carbons (Fsp3) is 0.625. The molecule has 2 rings (SSSR count). The number of carbonyl (C=O) groups is 1. The molecule has 1 N–H and O–H groups in total. The van der Waals surface area contributed by atoms with Crippen molar-refractivity contribution in [3.63, 3.8) is 0 Å². The maximum atomic E-state index is 12.2. The molecule has 1 aliphatic heterocycles. The minimum atomic E-state index is -0.473. The van der Waals surface area contributed by atoms with E-state index in [0.717, 1.165) is 25.1 Å². The highest BCUT2D eigenvalue weighted by Crippen LogP contribution is 2.23. The number of likely N-dealkylation sites (tertiary alicyclic amines) is 1. The first kappa shape index (κ1) is 16.9. The van der Waals surface area contributed by atoms with Gasteiger partial charge in [0.05, 0.1) is 5.02 Å². The molecule has 0 aromatic carbocycles. The van der Waals surface area contributed by atoms with Crippen LogP contribution in [0.3, 0.4) is 0 Å². The molecule has 6 heteroatoms. The highest BCUT2D eigenvalue weighted by atomic mass is 35.5. The second-order valence-electron chi connectivity index (χ2n) is 6.69. The van der Waals surface area contributed by atoms with Crippen molar-refractivity contribution in [1.82, 2.24) is 9.88 Å². The summed E-state index contributed by atoms with van der Waals surface area (Å²) in [7, 11) is 0. The molecule has 22 heavy (non-hydrogen) atoms. The van der Waals surface area contributed by atoms with Gasteiger partial charge in [0.2, 0.25) is 0 Å². The first-order chi connectivity index (χ1) is 10.2. The van der Waals surface area contributed by atoms with Crippen molar-refractivity contribution in [2.75, 3.05) is 18.4 Å². The summed E-state index contributed by atoms with van der Waals surface area (Å²) in [6.45, 7) is 8.88. The summed E-state index contributed by atoms with van der Waals surface area (Å²) in [5.41, 5.74) is 0.436. The van der Waals surface area contributed by atoms with Crippen LogP contribution in [0.5, 0.6) is 0 Å². The highest BCUT2D eigenvalue weighted by Gasteiger charge is 2.28. The molecule has 0 unspecified atom stereocenters. The van der Waals surface area contributed by atoms with Crippen molar-refractivity contribution >= 4 is 23.5 Å². The first-order valence-corrected chi connectivity index (χ1v) is 8.00. The van der Waals surface area contributed by atoms with E-state index in [-0.39, 0.29) is 12.1 Å². The van der Waals surface area contributed by atoms with Crippen molar-refractivity contribution in [3.8, 4) is 0 Å². The van der Waals surface area contributed by atoms with Crippen molar-refractivity contribution in [2.45, 2.75) is 52.2 Å². The van der Waals surface area contributed by atoms with Crippen molar-refractivity contribution < 1.29 is 9.53 Å². The Morgan fingerprint density at radius 3 is 2.86 bits per heavy atom. The van der Waals surface area contributed by atoms with E-state index in [1.165, 1.54) is 0 Å². The smallest absolute Gasteiger partial charge is 0.410 e. The molecule has 0 radical (unpaired) electrons. The average molecular weight is 326 g/mol. The summed E-state index contributed by atoms with van der Waals surface area (Å²) in [5.74, 6) is 0.678. The minimum absolute atomic E-state index is 0.132. The monoisotopic (exact) mass is 325 g/mol. The molecule has 0 saturated carbocycles. The number of hydrogen-bond donors (Lipinski definition) is 1. The number of amides is 1. The largest absolute Gasteiger partial charge is 0.444 e. The molecule has 0 spiro atoms. The van der Waals surface area contributed by atoms with Crippen molar-refractivity contribution in [1.29, 1.82) is 0 Å². The van der Waals surface area contributed by atoms with Gasteiger partial charge in [-0.25, -0.2) is 9.78 Å². The Morgan fingerprint density at radius 2 is 2.18 bits per heavy atom. The third kappa shape index (κ3) is 4.77. The number of pyridine rings is 1. The van der Waals surface area contributed by atoms with E-state index in [0.29, 0.717) is 17.4 Å². The molecule has 1 aromatic heterocycles. The lowest BCUT2D eigenvalue weighted by Crippen LogP contribution is -2.47. The van der Waals surface area contributed by atoms with Gasteiger partial charge in [-0.1, -0.05) is 11.6 Å². The Morgan fingerprint density at radius 1 is 1.45 bits per heavy atom. The Bertz CT molecular complexity index is 543. The van der Waals surface area contributed by atoms with E-state index in [1.807, 2.05) is 39.8 Å². The molecule has 0 aliphatic carbocycles. The van der Waals surface area contributed by atoms with E-state index in [1.54, 1.807) is 4.90 Å². The number of aromatic nitrogens is 1. The second-order valence-corrected chi connectivity index (χ2v) is 7.10. The Kier molecular flexibility index (Phi) is 5.16. The Labute approximate surface area is 137 Å². The summed E-state index contributed by atoms with van der Waals surface area (Å²) in [4.78, 5) is 18.3. The normalized spacial score (nSPS) is 19.0. The standard InChI is InChI=1S/C16H24ClN3O2/c1-11-7-8-13(17)14(18-11)19-12-6-5-9-20(10-12)15(21)22-16(2,3)4/h7-8,12H,5-6,9-10H2,1-4H3,(H,18,19)/t12-/m1/s1. The third-order valence-corrected chi connectivity index (χ3v) is 3.70. The number of carbonyl (C=O) groups excluding carboxylic acids is 1. The highest BCUT2D eigenvalue weighted by molar-refractivity contribution is 6.32. The molecule has 122 valence electrons. The van der Waals surface area contributed by atoms with E-state index < -0.39 is 5.60 Å². The van der Waals surface area contributed by atoms with E-state index >= 15 is 0 Å². The van der Waals surface area contributed by atoms with Crippen LogP contribution in [0.25, 0.3) is 0 Å². The lowest BCUT2D eigenvalue weighted by atomic mass is 10.1. The maximum absolute atomic E-state index is 12.2. The molecule has 1 fully saturated rings. The zero-order valence-electron chi connectivity index (χ0n) is 13.6. The number of hydrogen-bond acceptors (Lipinski definition) is 4. The maximum Gasteiger partial charge on any atom is 0.410 e. The van der Waals surface area contributed by atoms with Gasteiger partial charge in [0.1, 0.15) is 11.4 Å². The fourth-order valence-corrected chi connectivity index (χ4v) is 2.58. The molecular formula is C16H24ClN3O2. The van der Waals surface area contributed by atoms with E-state index in [9.17, 15) is 4.79 Å². The van der Waals surface area contributed by atoms with Crippen LogP contribution < -0.4 is 5.32 Å². The molecule has 1 atom stereocenters. The average Bonchev–Trinajstić information content (AvgIpc) is 2.41. The molecule has 1 aliphatic rings. The number of anilines is 1. The van der Waals surface area contributed by atoms with Crippen LogP contribution in [-0.4, -0.2) is 40.7 Å².